The summed E-state index contributed by atoms with van der Waals surface area (Å²) in [5, 5.41) is 6.42. The SMILES string of the molecule is C=C/C=C\c1nc(NC(=S)Nc2nc3ccccc3[nH]2)[nH]c1C. The molecule has 0 saturated carbocycles. The van der Waals surface area contributed by atoms with E-state index in [9.17, 15) is 0 Å². The van der Waals surface area contributed by atoms with Crippen molar-refractivity contribution >= 4 is 46.3 Å². The number of para-hydroxylation sites is 2. The van der Waals surface area contributed by atoms with Gasteiger partial charge in [0.2, 0.25) is 11.9 Å². The molecule has 116 valence electrons. The number of rotatable bonds is 4. The minimum absolute atomic E-state index is 0.400. The van der Waals surface area contributed by atoms with Crippen molar-refractivity contribution in [2.45, 2.75) is 6.92 Å². The van der Waals surface area contributed by atoms with Gasteiger partial charge in [-0.25, -0.2) is 9.97 Å². The number of hydrogen-bond donors (Lipinski definition) is 4. The Balaban J connectivity index is 1.69. The maximum Gasteiger partial charge on any atom is 0.207 e. The summed E-state index contributed by atoms with van der Waals surface area (Å²) in [7, 11) is 0. The van der Waals surface area contributed by atoms with Gasteiger partial charge >= 0.3 is 0 Å². The fourth-order valence-electron chi connectivity index (χ4n) is 2.11. The highest BCUT2D eigenvalue weighted by molar-refractivity contribution is 7.80. The lowest BCUT2D eigenvalue weighted by Gasteiger charge is -2.04. The third-order valence-corrected chi connectivity index (χ3v) is 3.37. The summed E-state index contributed by atoms with van der Waals surface area (Å²) in [6, 6.07) is 7.78. The zero-order valence-corrected chi connectivity index (χ0v) is 13.4. The molecule has 0 saturated heterocycles. The molecule has 0 aliphatic heterocycles. The number of aromatic nitrogens is 4. The molecule has 0 spiro atoms. The summed E-state index contributed by atoms with van der Waals surface area (Å²) < 4.78 is 0. The van der Waals surface area contributed by atoms with Crippen LogP contribution in [0.5, 0.6) is 0 Å². The molecule has 2 aromatic heterocycles. The molecule has 0 aliphatic carbocycles. The molecule has 2 heterocycles. The van der Waals surface area contributed by atoms with Crippen LogP contribution in [0.15, 0.2) is 43.0 Å². The first-order valence-electron chi connectivity index (χ1n) is 7.04. The molecule has 3 rings (SSSR count). The van der Waals surface area contributed by atoms with Crippen LogP contribution in [0.1, 0.15) is 11.4 Å². The number of fused-ring (bicyclic) bond motifs is 1. The lowest BCUT2D eigenvalue weighted by molar-refractivity contribution is 1.25. The maximum absolute atomic E-state index is 5.29. The Morgan fingerprint density at radius 1 is 1.17 bits per heavy atom. The van der Waals surface area contributed by atoms with Crippen LogP contribution in [0.3, 0.4) is 0 Å². The third-order valence-electron chi connectivity index (χ3n) is 3.17. The Bertz CT molecular complexity index is 856. The first-order chi connectivity index (χ1) is 11.2. The maximum atomic E-state index is 5.29. The van der Waals surface area contributed by atoms with Gasteiger partial charge < -0.3 is 20.6 Å². The van der Waals surface area contributed by atoms with Gasteiger partial charge in [0.05, 0.1) is 16.7 Å². The molecule has 0 unspecified atom stereocenters. The molecule has 0 atom stereocenters. The normalized spacial score (nSPS) is 11.0. The summed E-state index contributed by atoms with van der Waals surface area (Å²) in [5.74, 6) is 1.15. The fourth-order valence-corrected chi connectivity index (χ4v) is 2.31. The van der Waals surface area contributed by atoms with Crippen LogP contribution in [0.2, 0.25) is 0 Å². The van der Waals surface area contributed by atoms with Gasteiger partial charge in [-0.15, -0.1) is 0 Å². The highest BCUT2D eigenvalue weighted by atomic mass is 32.1. The van der Waals surface area contributed by atoms with Gasteiger partial charge in [-0.2, -0.15) is 0 Å². The Morgan fingerprint density at radius 3 is 2.65 bits per heavy atom. The molecule has 23 heavy (non-hydrogen) atoms. The Kier molecular flexibility index (Phi) is 4.20. The highest BCUT2D eigenvalue weighted by Gasteiger charge is 2.07. The van der Waals surface area contributed by atoms with Gasteiger partial charge in [0.15, 0.2) is 5.11 Å². The Morgan fingerprint density at radius 2 is 1.91 bits per heavy atom. The number of benzene rings is 1. The number of aromatic amines is 2. The van der Waals surface area contributed by atoms with Crippen molar-refractivity contribution < 1.29 is 0 Å². The van der Waals surface area contributed by atoms with E-state index in [0.717, 1.165) is 22.4 Å². The highest BCUT2D eigenvalue weighted by Crippen LogP contribution is 2.14. The van der Waals surface area contributed by atoms with Crippen molar-refractivity contribution in [1.82, 2.24) is 19.9 Å². The second-order valence-electron chi connectivity index (χ2n) is 4.87. The Labute approximate surface area is 138 Å². The van der Waals surface area contributed by atoms with Crippen molar-refractivity contribution in [3.63, 3.8) is 0 Å². The number of nitrogens with one attached hydrogen (secondary N) is 4. The lowest BCUT2D eigenvalue weighted by Crippen LogP contribution is -2.20. The molecule has 0 radical (unpaired) electrons. The summed E-state index contributed by atoms with van der Waals surface area (Å²) in [6.07, 6.45) is 5.41. The van der Waals surface area contributed by atoms with E-state index in [1.165, 1.54) is 0 Å². The van der Waals surface area contributed by atoms with Crippen molar-refractivity contribution in [3.05, 3.63) is 54.4 Å². The standard InChI is InChI=1S/C16H16N6S/c1-3-4-7-11-10(2)17-14(18-11)21-16(23)22-15-19-12-8-5-6-9-13(12)20-15/h3-9H,1H2,2H3,(H4,17,18,19,20,21,22,23)/b7-4-. The summed E-state index contributed by atoms with van der Waals surface area (Å²) in [6.45, 7) is 5.58. The van der Waals surface area contributed by atoms with Crippen LogP contribution in [0.4, 0.5) is 11.9 Å². The minimum atomic E-state index is 0.400. The van der Waals surface area contributed by atoms with Gasteiger partial charge in [-0.3, -0.25) is 0 Å². The van der Waals surface area contributed by atoms with Crippen LogP contribution in [-0.2, 0) is 0 Å². The van der Waals surface area contributed by atoms with E-state index in [1.807, 2.05) is 43.3 Å². The van der Waals surface area contributed by atoms with Crippen molar-refractivity contribution in [1.29, 1.82) is 0 Å². The molecular formula is C16H16N6S. The molecule has 7 heteroatoms. The van der Waals surface area contributed by atoms with Gasteiger partial charge in [0.25, 0.3) is 0 Å². The second-order valence-corrected chi connectivity index (χ2v) is 5.28. The van der Waals surface area contributed by atoms with Crippen LogP contribution in [0.25, 0.3) is 17.1 Å². The number of thiocarbonyl (C=S) groups is 1. The zero-order chi connectivity index (χ0) is 16.2. The van der Waals surface area contributed by atoms with Crippen molar-refractivity contribution in [2.75, 3.05) is 10.6 Å². The number of aryl methyl sites for hydroxylation is 1. The first-order valence-corrected chi connectivity index (χ1v) is 7.45. The van der Waals surface area contributed by atoms with Crippen LogP contribution in [-0.4, -0.2) is 25.0 Å². The summed E-state index contributed by atoms with van der Waals surface area (Å²) >= 11 is 5.29. The predicted molar refractivity (Wildman–Crippen MR) is 98.5 cm³/mol. The molecule has 4 N–H and O–H groups in total. The largest absolute Gasteiger partial charge is 0.328 e. The molecule has 0 fully saturated rings. The van der Waals surface area contributed by atoms with Crippen molar-refractivity contribution in [2.24, 2.45) is 0 Å². The predicted octanol–water partition coefficient (Wildman–Crippen LogP) is 3.60. The number of allylic oxidation sites excluding steroid dienone is 2. The van der Waals surface area contributed by atoms with E-state index in [2.05, 4.69) is 37.1 Å². The van der Waals surface area contributed by atoms with Crippen molar-refractivity contribution in [3.8, 4) is 0 Å². The Hall–Kier alpha value is -2.93. The quantitative estimate of drug-likeness (QED) is 0.435. The average Bonchev–Trinajstić information content (AvgIpc) is 3.07. The average molecular weight is 324 g/mol. The molecule has 0 aliphatic rings. The van der Waals surface area contributed by atoms with Crippen LogP contribution in [0, 0.1) is 6.92 Å². The zero-order valence-electron chi connectivity index (χ0n) is 12.6. The van der Waals surface area contributed by atoms with Gasteiger partial charge in [-0.05, 0) is 37.4 Å². The summed E-state index contributed by atoms with van der Waals surface area (Å²) in [5.41, 5.74) is 3.60. The van der Waals surface area contributed by atoms with Gasteiger partial charge in [-0.1, -0.05) is 30.9 Å². The number of imidazole rings is 2. The molecule has 3 aromatic rings. The number of nitrogens with zero attached hydrogens (tertiary/aromatic N) is 2. The number of anilines is 2. The van der Waals surface area contributed by atoms with E-state index >= 15 is 0 Å². The molecule has 6 nitrogen and oxygen atoms in total. The number of H-pyrrole nitrogens is 2. The van der Waals surface area contributed by atoms with Crippen LogP contribution >= 0.6 is 12.2 Å². The van der Waals surface area contributed by atoms with E-state index < -0.39 is 0 Å². The van der Waals surface area contributed by atoms with Gasteiger partial charge in [0.1, 0.15) is 0 Å². The second kappa shape index (κ2) is 6.45. The van der Waals surface area contributed by atoms with E-state index in [4.69, 9.17) is 12.2 Å². The topological polar surface area (TPSA) is 81.4 Å². The van der Waals surface area contributed by atoms with E-state index in [-0.39, 0.29) is 0 Å². The summed E-state index contributed by atoms with van der Waals surface area (Å²) in [4.78, 5) is 15.1. The fraction of sp³-hybridized carbons (Fsp3) is 0.0625. The van der Waals surface area contributed by atoms with E-state index in [1.54, 1.807) is 6.08 Å². The molecule has 0 bridgehead atoms. The molecule has 1 aromatic carbocycles. The number of hydrogen-bond acceptors (Lipinski definition) is 3. The monoisotopic (exact) mass is 324 g/mol. The first kappa shape index (κ1) is 15.0. The smallest absolute Gasteiger partial charge is 0.207 e. The van der Waals surface area contributed by atoms with Gasteiger partial charge in [0, 0.05) is 5.69 Å². The third kappa shape index (κ3) is 3.46. The molecular weight excluding hydrogens is 308 g/mol. The minimum Gasteiger partial charge on any atom is -0.328 e. The molecule has 0 amide bonds. The lowest BCUT2D eigenvalue weighted by atomic mass is 10.3. The van der Waals surface area contributed by atoms with Crippen LogP contribution < -0.4 is 10.6 Å². The van der Waals surface area contributed by atoms with E-state index in [0.29, 0.717) is 17.0 Å².